The third-order valence-electron chi connectivity index (χ3n) is 6.26. The lowest BCUT2D eigenvalue weighted by Crippen LogP contribution is -2.41. The zero-order valence-corrected chi connectivity index (χ0v) is 18.7. The first-order chi connectivity index (χ1) is 15.6. The summed E-state index contributed by atoms with van der Waals surface area (Å²) in [6, 6.07) is 22.2. The van der Waals surface area contributed by atoms with Crippen molar-refractivity contribution in [2.75, 3.05) is 18.8 Å². The van der Waals surface area contributed by atoms with Crippen LogP contribution < -0.4 is 5.73 Å². The molecule has 1 unspecified atom stereocenters. The molecule has 0 bridgehead atoms. The number of phenolic OH excluding ortho intramolecular Hbond substituents is 1. The maximum absolute atomic E-state index is 10.1. The van der Waals surface area contributed by atoms with E-state index in [0.29, 0.717) is 11.8 Å². The Balaban J connectivity index is 1.35. The van der Waals surface area contributed by atoms with Crippen LogP contribution in [0.25, 0.3) is 0 Å². The van der Waals surface area contributed by atoms with Gasteiger partial charge >= 0.3 is 0 Å². The van der Waals surface area contributed by atoms with Gasteiger partial charge in [0.25, 0.3) is 0 Å². The minimum atomic E-state index is 0.455. The monoisotopic (exact) mass is 428 g/mol. The number of nitrogens with two attached hydrogens (primary N) is 1. The molecule has 0 saturated heterocycles. The fraction of sp³-hybridized carbons (Fsp3) is 0.333. The number of nitrogens with zero attached hydrogens (tertiary/aromatic N) is 3. The molecule has 5 heteroatoms. The van der Waals surface area contributed by atoms with Crippen molar-refractivity contribution in [1.82, 2.24) is 4.90 Å². The Kier molecular flexibility index (Phi) is 7.17. The van der Waals surface area contributed by atoms with Gasteiger partial charge in [0.2, 0.25) is 0 Å². The Labute approximate surface area is 190 Å². The first-order valence-corrected chi connectivity index (χ1v) is 11.5. The van der Waals surface area contributed by atoms with Crippen molar-refractivity contribution in [3.05, 3.63) is 83.4 Å². The summed E-state index contributed by atoms with van der Waals surface area (Å²) < 4.78 is 0. The molecule has 0 amide bonds. The smallest absolute Gasteiger partial charge is 0.119 e. The molecule has 0 aliphatic heterocycles. The van der Waals surface area contributed by atoms with Crippen LogP contribution in [-0.2, 0) is 19.3 Å². The average molecular weight is 429 g/mol. The van der Waals surface area contributed by atoms with Crippen LogP contribution in [0, 0.1) is 0 Å². The zero-order valence-electron chi connectivity index (χ0n) is 18.7. The molecule has 166 valence electrons. The zero-order chi connectivity index (χ0) is 22.3. The van der Waals surface area contributed by atoms with Crippen LogP contribution in [0.5, 0.6) is 5.75 Å². The van der Waals surface area contributed by atoms with Crippen molar-refractivity contribution in [2.24, 2.45) is 10.2 Å². The van der Waals surface area contributed by atoms with E-state index < -0.39 is 0 Å². The number of hydrogen-bond donors (Lipinski definition) is 2. The van der Waals surface area contributed by atoms with Crippen LogP contribution in [0.1, 0.15) is 36.5 Å². The van der Waals surface area contributed by atoms with Gasteiger partial charge < -0.3 is 10.8 Å². The molecule has 3 aromatic carbocycles. The van der Waals surface area contributed by atoms with Gasteiger partial charge in [-0.15, -0.1) is 0 Å². The maximum atomic E-state index is 10.1. The molecular formula is C27H32N4O. The van der Waals surface area contributed by atoms with Crippen molar-refractivity contribution >= 4 is 17.1 Å². The van der Waals surface area contributed by atoms with Crippen LogP contribution in [0.15, 0.2) is 77.0 Å². The predicted molar refractivity (Wildman–Crippen MR) is 131 cm³/mol. The Hall–Kier alpha value is -3.18. The quantitative estimate of drug-likeness (QED) is 0.331. The van der Waals surface area contributed by atoms with E-state index >= 15 is 0 Å². The van der Waals surface area contributed by atoms with Gasteiger partial charge in [-0.1, -0.05) is 31.2 Å². The predicted octanol–water partition coefficient (Wildman–Crippen LogP) is 6.20. The third kappa shape index (κ3) is 5.54. The number of nitrogen functional groups attached to an aromatic ring is 1. The highest BCUT2D eigenvalue weighted by atomic mass is 16.3. The van der Waals surface area contributed by atoms with Gasteiger partial charge in [-0.25, -0.2) is 0 Å². The molecule has 3 aromatic rings. The van der Waals surface area contributed by atoms with Gasteiger partial charge in [-0.3, -0.25) is 4.90 Å². The summed E-state index contributed by atoms with van der Waals surface area (Å²) in [5, 5.41) is 18.7. The lowest BCUT2D eigenvalue weighted by Gasteiger charge is -2.35. The summed E-state index contributed by atoms with van der Waals surface area (Å²) in [7, 11) is 0. The standard InChI is InChI=1S/C27H32N4O/c1-2-17-31(25-14-15-26-21(19-25)4-3-5-27(26)32)18-16-20-6-10-23(11-7-20)29-30-24-12-8-22(28)9-13-24/h3-13,25,32H,2,14-19,28H2,1H3. The Morgan fingerprint density at radius 3 is 2.31 bits per heavy atom. The van der Waals surface area contributed by atoms with Crippen molar-refractivity contribution in [1.29, 1.82) is 0 Å². The van der Waals surface area contributed by atoms with Crippen LogP contribution >= 0.6 is 0 Å². The molecular weight excluding hydrogens is 396 g/mol. The molecule has 0 aromatic heterocycles. The molecule has 32 heavy (non-hydrogen) atoms. The van der Waals surface area contributed by atoms with E-state index in [9.17, 15) is 5.11 Å². The first-order valence-electron chi connectivity index (χ1n) is 11.5. The lowest BCUT2D eigenvalue weighted by molar-refractivity contribution is 0.181. The Morgan fingerprint density at radius 1 is 0.938 bits per heavy atom. The van der Waals surface area contributed by atoms with Crippen molar-refractivity contribution < 1.29 is 5.11 Å². The molecule has 0 spiro atoms. The maximum Gasteiger partial charge on any atom is 0.119 e. The van der Waals surface area contributed by atoms with E-state index in [2.05, 4.69) is 40.3 Å². The second-order valence-corrected chi connectivity index (χ2v) is 8.56. The summed E-state index contributed by atoms with van der Waals surface area (Å²) in [5.74, 6) is 0.455. The van der Waals surface area contributed by atoms with Crippen molar-refractivity contribution in [3.8, 4) is 5.75 Å². The van der Waals surface area contributed by atoms with E-state index in [1.54, 1.807) is 0 Å². The van der Waals surface area contributed by atoms with E-state index in [4.69, 9.17) is 5.73 Å². The largest absolute Gasteiger partial charge is 0.508 e. The molecule has 1 aliphatic rings. The third-order valence-corrected chi connectivity index (χ3v) is 6.26. The molecule has 0 fully saturated rings. The van der Waals surface area contributed by atoms with E-state index in [-0.39, 0.29) is 0 Å². The number of anilines is 1. The van der Waals surface area contributed by atoms with Gasteiger partial charge in [0.1, 0.15) is 5.75 Å². The minimum absolute atomic E-state index is 0.455. The highest BCUT2D eigenvalue weighted by molar-refractivity contribution is 5.48. The molecule has 3 N–H and O–H groups in total. The van der Waals surface area contributed by atoms with Gasteiger partial charge in [-0.05, 0) is 97.8 Å². The fourth-order valence-electron chi connectivity index (χ4n) is 4.50. The molecule has 5 nitrogen and oxygen atoms in total. The Bertz CT molecular complexity index is 1040. The normalized spacial score (nSPS) is 15.9. The van der Waals surface area contributed by atoms with Crippen LogP contribution in [0.4, 0.5) is 17.1 Å². The average Bonchev–Trinajstić information content (AvgIpc) is 2.82. The molecule has 0 radical (unpaired) electrons. The first kappa shape index (κ1) is 22.0. The summed E-state index contributed by atoms with van der Waals surface area (Å²) in [4.78, 5) is 2.63. The Morgan fingerprint density at radius 2 is 1.62 bits per heavy atom. The highest BCUT2D eigenvalue weighted by Gasteiger charge is 2.25. The fourth-order valence-corrected chi connectivity index (χ4v) is 4.50. The summed E-state index contributed by atoms with van der Waals surface area (Å²) in [5.41, 5.74) is 11.8. The second kappa shape index (κ2) is 10.4. The minimum Gasteiger partial charge on any atom is -0.508 e. The molecule has 0 saturated carbocycles. The van der Waals surface area contributed by atoms with Gasteiger partial charge in [0, 0.05) is 18.3 Å². The summed E-state index contributed by atoms with van der Waals surface area (Å²) in [6.07, 6.45) is 5.25. The van der Waals surface area contributed by atoms with Crippen LogP contribution in [0.3, 0.4) is 0 Å². The van der Waals surface area contributed by atoms with Gasteiger partial charge in [0.15, 0.2) is 0 Å². The van der Waals surface area contributed by atoms with Crippen molar-refractivity contribution in [3.63, 3.8) is 0 Å². The van der Waals surface area contributed by atoms with Crippen molar-refractivity contribution in [2.45, 2.75) is 45.1 Å². The number of phenols is 1. The van der Waals surface area contributed by atoms with E-state index in [1.807, 2.05) is 48.5 Å². The van der Waals surface area contributed by atoms with Crippen LogP contribution in [-0.4, -0.2) is 29.1 Å². The summed E-state index contributed by atoms with van der Waals surface area (Å²) >= 11 is 0. The number of fused-ring (bicyclic) bond motifs is 1. The second-order valence-electron chi connectivity index (χ2n) is 8.56. The lowest BCUT2D eigenvalue weighted by atomic mass is 9.86. The number of benzene rings is 3. The SMILES string of the molecule is CCCN(CCc1ccc(N=Nc2ccc(N)cc2)cc1)C1CCc2c(O)cccc2C1. The van der Waals surface area contributed by atoms with Crippen LogP contribution in [0.2, 0.25) is 0 Å². The van der Waals surface area contributed by atoms with E-state index in [0.717, 1.165) is 67.8 Å². The highest BCUT2D eigenvalue weighted by Crippen LogP contribution is 2.31. The molecule has 0 heterocycles. The number of aromatic hydroxyl groups is 1. The summed E-state index contributed by atoms with van der Waals surface area (Å²) in [6.45, 7) is 4.39. The van der Waals surface area contributed by atoms with E-state index in [1.165, 1.54) is 11.1 Å². The molecule has 1 aliphatic carbocycles. The topological polar surface area (TPSA) is 74.2 Å². The number of rotatable bonds is 8. The number of hydrogen-bond acceptors (Lipinski definition) is 5. The molecule has 4 rings (SSSR count). The van der Waals surface area contributed by atoms with Gasteiger partial charge in [-0.2, -0.15) is 10.2 Å². The number of azo groups is 1. The van der Waals surface area contributed by atoms with Gasteiger partial charge in [0.05, 0.1) is 11.4 Å². The molecule has 1 atom stereocenters.